The summed E-state index contributed by atoms with van der Waals surface area (Å²) in [5.74, 6) is 0.427. The lowest BCUT2D eigenvalue weighted by Crippen LogP contribution is -2.41. The molecule has 4 rings (SSSR count). The summed E-state index contributed by atoms with van der Waals surface area (Å²) in [4.78, 5) is 20.5. The van der Waals surface area contributed by atoms with Gasteiger partial charge in [-0.2, -0.15) is 0 Å². The minimum atomic E-state index is -0.0934. The molecule has 0 N–H and O–H groups in total. The molecule has 27 heavy (non-hydrogen) atoms. The highest BCUT2D eigenvalue weighted by molar-refractivity contribution is 9.10. The van der Waals surface area contributed by atoms with Gasteiger partial charge in [0.05, 0.1) is 18.8 Å². The summed E-state index contributed by atoms with van der Waals surface area (Å²) in [6.07, 6.45) is 3.46. The Morgan fingerprint density at radius 3 is 2.52 bits per heavy atom. The number of hydrogen-bond donors (Lipinski definition) is 0. The maximum atomic E-state index is 13.1. The Kier molecular flexibility index (Phi) is 6.12. The van der Waals surface area contributed by atoms with E-state index in [1.807, 2.05) is 41.3 Å². The SMILES string of the molecule is O=C(c1cccnc1Sc1ccc(Br)cc1)N1CCC(C2OCCO2)CC1. The van der Waals surface area contributed by atoms with E-state index in [1.165, 1.54) is 11.8 Å². The molecule has 0 bridgehead atoms. The molecule has 2 saturated heterocycles. The van der Waals surface area contributed by atoms with Gasteiger partial charge in [-0.15, -0.1) is 0 Å². The average Bonchev–Trinajstić information content (AvgIpc) is 3.25. The molecule has 1 amide bonds. The second kappa shape index (κ2) is 8.73. The minimum Gasteiger partial charge on any atom is -0.350 e. The summed E-state index contributed by atoms with van der Waals surface area (Å²) in [5, 5.41) is 0.745. The van der Waals surface area contributed by atoms with E-state index in [2.05, 4.69) is 20.9 Å². The van der Waals surface area contributed by atoms with Crippen LogP contribution in [0, 0.1) is 5.92 Å². The first kappa shape index (κ1) is 18.9. The van der Waals surface area contributed by atoms with Gasteiger partial charge in [-0.1, -0.05) is 27.7 Å². The van der Waals surface area contributed by atoms with Crippen molar-refractivity contribution in [2.45, 2.75) is 29.1 Å². The molecule has 2 aromatic rings. The van der Waals surface area contributed by atoms with Crippen LogP contribution >= 0.6 is 27.7 Å². The Morgan fingerprint density at radius 2 is 1.81 bits per heavy atom. The molecule has 0 saturated carbocycles. The molecule has 0 radical (unpaired) electrons. The predicted octanol–water partition coefficient (Wildman–Crippen LogP) is 4.22. The topological polar surface area (TPSA) is 51.7 Å². The normalized spacial score (nSPS) is 18.8. The van der Waals surface area contributed by atoms with E-state index in [4.69, 9.17) is 9.47 Å². The van der Waals surface area contributed by atoms with Crippen molar-refractivity contribution in [1.29, 1.82) is 0 Å². The highest BCUT2D eigenvalue weighted by Gasteiger charge is 2.32. The molecule has 1 aromatic carbocycles. The van der Waals surface area contributed by atoms with Crippen LogP contribution in [0.1, 0.15) is 23.2 Å². The first-order valence-electron chi connectivity index (χ1n) is 9.11. The van der Waals surface area contributed by atoms with Gasteiger partial charge in [-0.25, -0.2) is 4.98 Å². The van der Waals surface area contributed by atoms with E-state index >= 15 is 0 Å². The lowest BCUT2D eigenvalue weighted by atomic mass is 9.96. The fourth-order valence-corrected chi connectivity index (χ4v) is 4.58. The predicted molar refractivity (Wildman–Crippen MR) is 107 cm³/mol. The third-order valence-corrected chi connectivity index (χ3v) is 6.44. The molecule has 2 aliphatic heterocycles. The summed E-state index contributed by atoms with van der Waals surface area (Å²) in [6.45, 7) is 2.81. The number of halogens is 1. The molecule has 142 valence electrons. The average molecular weight is 449 g/mol. The maximum absolute atomic E-state index is 13.1. The number of likely N-dealkylation sites (tertiary alicyclic amines) is 1. The zero-order chi connectivity index (χ0) is 18.6. The monoisotopic (exact) mass is 448 g/mol. The number of hydrogen-bond acceptors (Lipinski definition) is 5. The Bertz CT molecular complexity index is 788. The van der Waals surface area contributed by atoms with E-state index in [9.17, 15) is 4.79 Å². The van der Waals surface area contributed by atoms with Gasteiger partial charge in [0.2, 0.25) is 0 Å². The molecular weight excluding hydrogens is 428 g/mol. The van der Waals surface area contributed by atoms with E-state index in [0.717, 1.165) is 40.3 Å². The van der Waals surface area contributed by atoms with Crippen molar-refractivity contribution in [3.05, 3.63) is 52.6 Å². The zero-order valence-electron chi connectivity index (χ0n) is 14.8. The van der Waals surface area contributed by atoms with Gasteiger partial charge in [0, 0.05) is 34.6 Å². The van der Waals surface area contributed by atoms with Crippen LogP contribution in [0.4, 0.5) is 0 Å². The van der Waals surface area contributed by atoms with Crippen molar-refractivity contribution in [3.8, 4) is 0 Å². The van der Waals surface area contributed by atoms with Crippen LogP contribution in [0.15, 0.2) is 57.0 Å². The second-order valence-electron chi connectivity index (χ2n) is 6.65. The van der Waals surface area contributed by atoms with Gasteiger partial charge in [0.25, 0.3) is 5.91 Å². The molecule has 0 aliphatic carbocycles. The van der Waals surface area contributed by atoms with E-state index in [0.29, 0.717) is 24.7 Å². The van der Waals surface area contributed by atoms with Crippen LogP contribution in [0.2, 0.25) is 0 Å². The standard InChI is InChI=1S/C20H21BrN2O3S/c21-15-3-5-16(6-4-15)27-18-17(2-1-9-22-18)19(24)23-10-7-14(8-11-23)20-25-12-13-26-20/h1-6,9,14,20H,7-8,10-13H2. The van der Waals surface area contributed by atoms with E-state index < -0.39 is 0 Å². The fourth-order valence-electron chi connectivity index (χ4n) is 3.44. The number of piperidine rings is 1. The fraction of sp³-hybridized carbons (Fsp3) is 0.400. The van der Waals surface area contributed by atoms with Crippen LogP contribution in [-0.4, -0.2) is 48.4 Å². The lowest BCUT2D eigenvalue weighted by molar-refractivity contribution is -0.0956. The van der Waals surface area contributed by atoms with Gasteiger partial charge in [0.1, 0.15) is 5.03 Å². The van der Waals surface area contributed by atoms with Crippen molar-refractivity contribution in [3.63, 3.8) is 0 Å². The summed E-state index contributed by atoms with van der Waals surface area (Å²) in [6, 6.07) is 11.7. The molecular formula is C20H21BrN2O3S. The van der Waals surface area contributed by atoms with Gasteiger partial charge in [0.15, 0.2) is 6.29 Å². The van der Waals surface area contributed by atoms with Gasteiger partial charge in [-0.05, 0) is 49.2 Å². The Labute approximate surface area is 171 Å². The smallest absolute Gasteiger partial charge is 0.256 e. The van der Waals surface area contributed by atoms with Crippen LogP contribution < -0.4 is 0 Å². The molecule has 2 aliphatic rings. The van der Waals surface area contributed by atoms with Crippen LogP contribution in [0.25, 0.3) is 0 Å². The number of rotatable bonds is 4. The molecule has 0 atom stereocenters. The van der Waals surface area contributed by atoms with E-state index in [1.54, 1.807) is 6.20 Å². The van der Waals surface area contributed by atoms with Crippen LogP contribution in [0.5, 0.6) is 0 Å². The number of carbonyl (C=O) groups excluding carboxylic acids is 1. The zero-order valence-corrected chi connectivity index (χ0v) is 17.2. The first-order chi connectivity index (χ1) is 13.2. The summed E-state index contributed by atoms with van der Waals surface area (Å²) in [5.41, 5.74) is 0.664. The third kappa shape index (κ3) is 4.54. The molecule has 5 nitrogen and oxygen atoms in total. The van der Waals surface area contributed by atoms with Gasteiger partial charge >= 0.3 is 0 Å². The number of amides is 1. The minimum absolute atomic E-state index is 0.0504. The van der Waals surface area contributed by atoms with Gasteiger partial charge in [-0.3, -0.25) is 4.79 Å². The number of carbonyl (C=O) groups is 1. The summed E-state index contributed by atoms with van der Waals surface area (Å²) < 4.78 is 12.3. The Balaban J connectivity index is 1.43. The highest BCUT2D eigenvalue weighted by Crippen LogP contribution is 2.31. The Morgan fingerprint density at radius 1 is 1.11 bits per heavy atom. The van der Waals surface area contributed by atoms with Crippen LogP contribution in [-0.2, 0) is 9.47 Å². The molecule has 2 fully saturated rings. The Hall–Kier alpha value is -1.41. The quantitative estimate of drug-likeness (QED) is 0.700. The van der Waals surface area contributed by atoms with Gasteiger partial charge < -0.3 is 14.4 Å². The summed E-state index contributed by atoms with van der Waals surface area (Å²) >= 11 is 4.96. The first-order valence-corrected chi connectivity index (χ1v) is 10.7. The third-order valence-electron chi connectivity index (χ3n) is 4.89. The van der Waals surface area contributed by atoms with Crippen molar-refractivity contribution >= 4 is 33.6 Å². The molecule has 7 heteroatoms. The van der Waals surface area contributed by atoms with Crippen molar-refractivity contribution < 1.29 is 14.3 Å². The lowest BCUT2D eigenvalue weighted by Gasteiger charge is -2.34. The number of nitrogens with zero attached hydrogens (tertiary/aromatic N) is 2. The molecule has 3 heterocycles. The number of benzene rings is 1. The summed E-state index contributed by atoms with van der Waals surface area (Å²) in [7, 11) is 0. The van der Waals surface area contributed by atoms with Crippen molar-refractivity contribution in [2.75, 3.05) is 26.3 Å². The molecule has 0 unspecified atom stereocenters. The van der Waals surface area contributed by atoms with E-state index in [-0.39, 0.29) is 12.2 Å². The highest BCUT2D eigenvalue weighted by atomic mass is 79.9. The van der Waals surface area contributed by atoms with Crippen LogP contribution in [0.3, 0.4) is 0 Å². The number of ether oxygens (including phenoxy) is 2. The number of pyridine rings is 1. The number of aromatic nitrogens is 1. The molecule has 1 aromatic heterocycles. The molecule has 0 spiro atoms. The van der Waals surface area contributed by atoms with Crippen molar-refractivity contribution in [1.82, 2.24) is 9.88 Å². The second-order valence-corrected chi connectivity index (χ2v) is 8.63. The largest absolute Gasteiger partial charge is 0.350 e. The maximum Gasteiger partial charge on any atom is 0.256 e. The van der Waals surface area contributed by atoms with Crippen molar-refractivity contribution in [2.24, 2.45) is 5.92 Å².